The van der Waals surface area contributed by atoms with Crippen LogP contribution in [0.5, 0.6) is 5.75 Å². The summed E-state index contributed by atoms with van der Waals surface area (Å²) >= 11 is 0. The van der Waals surface area contributed by atoms with Crippen molar-refractivity contribution < 1.29 is 19.8 Å². The van der Waals surface area contributed by atoms with Gasteiger partial charge in [0.25, 0.3) is 0 Å². The van der Waals surface area contributed by atoms with Gasteiger partial charge in [-0.3, -0.25) is 0 Å². The van der Waals surface area contributed by atoms with E-state index < -0.39 is 18.0 Å². The molecule has 0 bridgehead atoms. The van der Waals surface area contributed by atoms with Crippen LogP contribution >= 0.6 is 0 Å². The Morgan fingerprint density at radius 2 is 1.57 bits per heavy atom. The van der Waals surface area contributed by atoms with E-state index in [0.29, 0.717) is 0 Å². The highest BCUT2D eigenvalue weighted by Crippen LogP contribution is 2.38. The van der Waals surface area contributed by atoms with E-state index in [0.717, 1.165) is 49.8 Å². The minimum Gasteiger partial charge on any atom is -0.508 e. The van der Waals surface area contributed by atoms with E-state index in [9.17, 15) is 19.8 Å². The number of carbonyl (C=O) groups excluding carboxylic acids is 1. The van der Waals surface area contributed by atoms with Crippen LogP contribution in [0.15, 0.2) is 30.3 Å². The molecular formula is C22H24N2O4. The van der Waals surface area contributed by atoms with E-state index in [2.05, 4.69) is 16.7 Å². The van der Waals surface area contributed by atoms with E-state index >= 15 is 0 Å². The number of nitrogens with one attached hydrogen (secondary N) is 2. The largest absolute Gasteiger partial charge is 0.508 e. The molecule has 2 aromatic carbocycles. The molecule has 2 aliphatic rings. The minimum absolute atomic E-state index is 0.119. The first-order valence-corrected chi connectivity index (χ1v) is 9.76. The van der Waals surface area contributed by atoms with Crippen LogP contribution in [0.3, 0.4) is 0 Å². The topological polar surface area (TPSA) is 98.7 Å². The third-order valence-electron chi connectivity index (χ3n) is 5.69. The monoisotopic (exact) mass is 380 g/mol. The molecule has 28 heavy (non-hydrogen) atoms. The van der Waals surface area contributed by atoms with Gasteiger partial charge in [-0.2, -0.15) is 0 Å². The highest BCUT2D eigenvalue weighted by Gasteiger charge is 2.26. The molecule has 4 N–H and O–H groups in total. The number of aliphatic carboxylic acids is 1. The lowest BCUT2D eigenvalue weighted by Gasteiger charge is -2.19. The van der Waals surface area contributed by atoms with Crippen LogP contribution in [0.2, 0.25) is 0 Å². The lowest BCUT2D eigenvalue weighted by molar-refractivity contribution is -0.139. The van der Waals surface area contributed by atoms with Crippen molar-refractivity contribution in [3.63, 3.8) is 0 Å². The van der Waals surface area contributed by atoms with Crippen LogP contribution in [0, 0.1) is 0 Å². The molecule has 2 aliphatic carbocycles. The van der Waals surface area contributed by atoms with E-state index in [1.807, 2.05) is 0 Å². The number of aryl methyl sites for hydroxylation is 2. The molecule has 0 saturated carbocycles. The highest BCUT2D eigenvalue weighted by molar-refractivity contribution is 5.94. The maximum atomic E-state index is 12.6. The second kappa shape index (κ2) is 7.54. The zero-order valence-corrected chi connectivity index (χ0v) is 15.6. The number of benzene rings is 2. The van der Waals surface area contributed by atoms with Crippen molar-refractivity contribution in [1.29, 1.82) is 0 Å². The number of anilines is 1. The molecule has 0 aromatic heterocycles. The number of amides is 2. The molecule has 0 saturated heterocycles. The second-order valence-electron chi connectivity index (χ2n) is 7.59. The first kappa shape index (κ1) is 18.3. The summed E-state index contributed by atoms with van der Waals surface area (Å²) in [5.41, 5.74) is 6.67. The SMILES string of the molecule is O=C(Nc1c2c(cc3c1CCC3)CCC2)NC(Cc1ccc(O)cc1)C(=O)O. The molecule has 1 atom stereocenters. The van der Waals surface area contributed by atoms with Crippen molar-refractivity contribution in [2.75, 3.05) is 5.32 Å². The van der Waals surface area contributed by atoms with Crippen LogP contribution in [-0.2, 0) is 36.9 Å². The predicted octanol–water partition coefficient (Wildman–Crippen LogP) is 3.19. The summed E-state index contributed by atoms with van der Waals surface area (Å²) in [6.07, 6.45) is 6.31. The first-order chi connectivity index (χ1) is 13.5. The minimum atomic E-state index is -1.09. The summed E-state index contributed by atoms with van der Waals surface area (Å²) in [6, 6.07) is 7.08. The van der Waals surface area contributed by atoms with Crippen LogP contribution in [-0.4, -0.2) is 28.3 Å². The Morgan fingerprint density at radius 3 is 2.14 bits per heavy atom. The van der Waals surface area contributed by atoms with Gasteiger partial charge in [-0.05, 0) is 78.5 Å². The third-order valence-corrected chi connectivity index (χ3v) is 5.69. The van der Waals surface area contributed by atoms with Gasteiger partial charge in [0, 0.05) is 12.1 Å². The molecule has 146 valence electrons. The van der Waals surface area contributed by atoms with Crippen LogP contribution < -0.4 is 10.6 Å². The number of carboxylic acids is 1. The Bertz CT molecular complexity index is 889. The van der Waals surface area contributed by atoms with Crippen molar-refractivity contribution >= 4 is 17.7 Å². The maximum absolute atomic E-state index is 12.6. The van der Waals surface area contributed by atoms with Gasteiger partial charge in [0.05, 0.1) is 0 Å². The predicted molar refractivity (Wildman–Crippen MR) is 106 cm³/mol. The Labute approximate surface area is 163 Å². The number of carboxylic acid groups (broad SMARTS) is 1. The molecule has 4 rings (SSSR count). The number of hydrogen-bond acceptors (Lipinski definition) is 3. The van der Waals surface area contributed by atoms with Gasteiger partial charge >= 0.3 is 12.0 Å². The number of fused-ring (bicyclic) bond motifs is 2. The number of urea groups is 1. The van der Waals surface area contributed by atoms with Crippen molar-refractivity contribution in [3.8, 4) is 5.75 Å². The molecule has 2 amide bonds. The van der Waals surface area contributed by atoms with E-state index in [1.165, 1.54) is 34.4 Å². The Morgan fingerprint density at radius 1 is 0.964 bits per heavy atom. The number of aromatic hydroxyl groups is 1. The van der Waals surface area contributed by atoms with Crippen molar-refractivity contribution in [2.24, 2.45) is 0 Å². The summed E-state index contributed by atoms with van der Waals surface area (Å²) in [4.78, 5) is 24.3. The molecule has 2 aromatic rings. The molecule has 0 spiro atoms. The lowest BCUT2D eigenvalue weighted by atomic mass is 9.99. The zero-order valence-electron chi connectivity index (χ0n) is 15.6. The van der Waals surface area contributed by atoms with Crippen molar-refractivity contribution in [2.45, 2.75) is 51.0 Å². The molecule has 6 nitrogen and oxygen atoms in total. The average molecular weight is 380 g/mol. The maximum Gasteiger partial charge on any atom is 0.326 e. The van der Waals surface area contributed by atoms with Gasteiger partial charge in [-0.15, -0.1) is 0 Å². The third kappa shape index (κ3) is 3.67. The number of phenolic OH excluding ortho intramolecular Hbond substituents is 1. The molecule has 6 heteroatoms. The van der Waals surface area contributed by atoms with Gasteiger partial charge in [-0.1, -0.05) is 18.2 Å². The lowest BCUT2D eigenvalue weighted by Crippen LogP contribution is -2.44. The van der Waals surface area contributed by atoms with Gasteiger partial charge in [0.15, 0.2) is 0 Å². The Hall–Kier alpha value is -3.02. The summed E-state index contributed by atoms with van der Waals surface area (Å²) in [6.45, 7) is 0. The molecular weight excluding hydrogens is 356 g/mol. The Balaban J connectivity index is 1.50. The number of hydrogen-bond donors (Lipinski definition) is 4. The summed E-state index contributed by atoms with van der Waals surface area (Å²) in [5, 5.41) is 24.5. The molecule has 0 heterocycles. The van der Waals surface area contributed by atoms with E-state index in [-0.39, 0.29) is 12.2 Å². The average Bonchev–Trinajstić information content (AvgIpc) is 3.31. The molecule has 1 unspecified atom stereocenters. The summed E-state index contributed by atoms with van der Waals surface area (Å²) in [5.74, 6) is -0.972. The Kier molecular flexibility index (Phi) is 4.94. The van der Waals surface area contributed by atoms with Crippen LogP contribution in [0.4, 0.5) is 10.5 Å². The number of carbonyl (C=O) groups is 2. The summed E-state index contributed by atoms with van der Waals surface area (Å²) in [7, 11) is 0. The van der Waals surface area contributed by atoms with Gasteiger partial charge < -0.3 is 20.8 Å². The van der Waals surface area contributed by atoms with Crippen LogP contribution in [0.1, 0.15) is 40.7 Å². The standard InChI is InChI=1S/C22H24N2O4/c25-16-9-7-13(8-10-16)11-19(21(26)27)23-22(28)24-20-17-5-1-3-14(17)12-15-4-2-6-18(15)20/h7-10,12,19,25H,1-6,11H2,(H,26,27)(H2,23,24,28). The normalized spacial score (nSPS) is 15.6. The highest BCUT2D eigenvalue weighted by atomic mass is 16.4. The zero-order chi connectivity index (χ0) is 19.7. The van der Waals surface area contributed by atoms with E-state index in [1.54, 1.807) is 12.1 Å². The molecule has 0 fully saturated rings. The fourth-order valence-electron chi connectivity index (χ4n) is 4.34. The van der Waals surface area contributed by atoms with Gasteiger partial charge in [-0.25, -0.2) is 9.59 Å². The van der Waals surface area contributed by atoms with Crippen LogP contribution in [0.25, 0.3) is 0 Å². The fraction of sp³-hybridized carbons (Fsp3) is 0.364. The van der Waals surface area contributed by atoms with Crippen molar-refractivity contribution in [3.05, 3.63) is 58.1 Å². The van der Waals surface area contributed by atoms with Crippen molar-refractivity contribution in [1.82, 2.24) is 5.32 Å². The quantitative estimate of drug-likeness (QED) is 0.640. The van der Waals surface area contributed by atoms with E-state index in [4.69, 9.17) is 0 Å². The summed E-state index contributed by atoms with van der Waals surface area (Å²) < 4.78 is 0. The van der Waals surface area contributed by atoms with Gasteiger partial charge in [0.2, 0.25) is 0 Å². The fourth-order valence-corrected chi connectivity index (χ4v) is 4.34. The smallest absolute Gasteiger partial charge is 0.326 e. The molecule has 0 aliphatic heterocycles. The van der Waals surface area contributed by atoms with Gasteiger partial charge in [0.1, 0.15) is 11.8 Å². The molecule has 0 radical (unpaired) electrons. The second-order valence-corrected chi connectivity index (χ2v) is 7.59. The number of rotatable bonds is 5. The first-order valence-electron chi connectivity index (χ1n) is 9.76. The number of phenols is 1.